The maximum Gasteiger partial charge on any atom is 0.326 e. The fraction of sp³-hybridized carbons (Fsp3) is 0.479. The van der Waals surface area contributed by atoms with Crippen LogP contribution in [0.25, 0.3) is 10.9 Å². The Labute approximate surface area is 423 Å². The summed E-state index contributed by atoms with van der Waals surface area (Å²) >= 11 is 0. The Bertz CT molecular complexity index is 2530. The number of amides is 8. The number of aliphatic hydroxyl groups is 1. The molecule has 0 radical (unpaired) electrons. The molecule has 2 aromatic carbocycles. The van der Waals surface area contributed by atoms with E-state index in [4.69, 9.17) is 11.5 Å². The molecule has 0 saturated carbocycles. The van der Waals surface area contributed by atoms with Crippen LogP contribution in [0, 0.1) is 5.92 Å². The van der Waals surface area contributed by atoms with E-state index in [9.17, 15) is 78.3 Å². The lowest BCUT2D eigenvalue weighted by Gasteiger charge is -2.31. The fourth-order valence-corrected chi connectivity index (χ4v) is 8.17. The Kier molecular flexibility index (Phi) is 21.8. The molecule has 402 valence electrons. The Hall–Kier alpha value is -8.13. The summed E-state index contributed by atoms with van der Waals surface area (Å²) in [6.45, 7) is 2.32. The summed E-state index contributed by atoms with van der Waals surface area (Å²) in [7, 11) is 0. The Morgan fingerprint density at radius 3 is 1.91 bits per heavy atom. The Balaban J connectivity index is 1.56. The molecule has 1 aliphatic rings. The molecule has 0 aliphatic carbocycles. The number of phenols is 1. The SMILES string of the molecule is CC(C)C[C@H](NC(=O)[C@H](CC(=O)O)NC(=O)[C@H](Cc1c[nH]c2ccccc12)NC(=O)[C@H](CO)NC(=O)[C@@H](N)CCC(N)=O)C(=O)N[C@@H](CCC(=O)O)C(=O)N1CCC[C@H]1C(=O)N[C@@H](Cc1ccc(O)cc1)C(=O)O. The number of carbonyl (C=O) groups excluding carboxylic acids is 8. The molecule has 1 aromatic heterocycles. The monoisotopic (exact) mass is 1040 g/mol. The number of benzene rings is 2. The van der Waals surface area contributed by atoms with Crippen LogP contribution in [0.5, 0.6) is 5.75 Å². The van der Waals surface area contributed by atoms with E-state index in [0.29, 0.717) is 22.0 Å². The van der Waals surface area contributed by atoms with E-state index in [1.807, 2.05) is 0 Å². The van der Waals surface area contributed by atoms with Gasteiger partial charge in [-0.3, -0.25) is 47.9 Å². The number of fused-ring (bicyclic) bond motifs is 1. The van der Waals surface area contributed by atoms with Crippen LogP contribution in [0.4, 0.5) is 0 Å². The van der Waals surface area contributed by atoms with Crippen LogP contribution in [0.15, 0.2) is 54.7 Å². The number of primary amides is 1. The van der Waals surface area contributed by atoms with Gasteiger partial charge in [0.15, 0.2) is 0 Å². The number of aromatic hydroxyl groups is 1. The third-order valence-corrected chi connectivity index (χ3v) is 12.0. The van der Waals surface area contributed by atoms with Crippen LogP contribution in [0.1, 0.15) is 76.3 Å². The summed E-state index contributed by atoms with van der Waals surface area (Å²) in [5.41, 5.74) is 12.5. The van der Waals surface area contributed by atoms with Gasteiger partial charge in [0.2, 0.25) is 47.3 Å². The molecule has 3 aromatic rings. The number of hydrogen-bond donors (Lipinski definition) is 14. The van der Waals surface area contributed by atoms with Gasteiger partial charge < -0.3 is 78.8 Å². The Morgan fingerprint density at radius 1 is 0.689 bits per heavy atom. The van der Waals surface area contributed by atoms with Crippen molar-refractivity contribution in [2.24, 2.45) is 17.4 Å². The smallest absolute Gasteiger partial charge is 0.326 e. The molecule has 26 heteroatoms. The first kappa shape index (κ1) is 58.4. The minimum Gasteiger partial charge on any atom is -0.508 e. The topological polar surface area (TPSA) is 432 Å². The molecule has 1 aliphatic heterocycles. The van der Waals surface area contributed by atoms with Crippen LogP contribution in [-0.2, 0) is 65.6 Å². The van der Waals surface area contributed by atoms with E-state index in [-0.39, 0.29) is 63.2 Å². The second-order valence-electron chi connectivity index (χ2n) is 18.3. The van der Waals surface area contributed by atoms with E-state index >= 15 is 0 Å². The van der Waals surface area contributed by atoms with Gasteiger partial charge in [0.1, 0.15) is 48.0 Å². The number of nitrogens with zero attached hydrogens (tertiary/aromatic N) is 1. The average molecular weight is 1040 g/mol. The van der Waals surface area contributed by atoms with Gasteiger partial charge in [0, 0.05) is 49.3 Å². The molecule has 4 rings (SSSR count). The van der Waals surface area contributed by atoms with Crippen LogP contribution >= 0.6 is 0 Å². The lowest BCUT2D eigenvalue weighted by molar-refractivity contribution is -0.145. The second kappa shape index (κ2) is 27.6. The highest BCUT2D eigenvalue weighted by Gasteiger charge is 2.40. The fourth-order valence-electron chi connectivity index (χ4n) is 8.17. The Morgan fingerprint density at radius 2 is 1.28 bits per heavy atom. The first-order valence-electron chi connectivity index (χ1n) is 23.7. The van der Waals surface area contributed by atoms with Crippen molar-refractivity contribution in [2.75, 3.05) is 13.2 Å². The van der Waals surface area contributed by atoms with Crippen molar-refractivity contribution in [3.05, 3.63) is 65.9 Å². The highest BCUT2D eigenvalue weighted by atomic mass is 16.4. The number of carboxylic acid groups (broad SMARTS) is 3. The molecule has 0 spiro atoms. The van der Waals surface area contributed by atoms with Gasteiger partial charge in [-0.1, -0.05) is 44.2 Å². The van der Waals surface area contributed by atoms with Gasteiger partial charge >= 0.3 is 17.9 Å². The predicted octanol–water partition coefficient (Wildman–Crippen LogP) is -2.39. The zero-order valence-corrected chi connectivity index (χ0v) is 40.7. The first-order valence-corrected chi connectivity index (χ1v) is 23.7. The van der Waals surface area contributed by atoms with Gasteiger partial charge in [-0.25, -0.2) is 4.79 Å². The highest BCUT2D eigenvalue weighted by molar-refractivity contribution is 5.99. The van der Waals surface area contributed by atoms with Crippen molar-refractivity contribution < 1.29 is 78.3 Å². The van der Waals surface area contributed by atoms with E-state index < -0.39 is 139 Å². The lowest BCUT2D eigenvalue weighted by Crippen LogP contribution is -2.61. The summed E-state index contributed by atoms with van der Waals surface area (Å²) in [4.78, 5) is 148. The van der Waals surface area contributed by atoms with E-state index in [2.05, 4.69) is 36.9 Å². The van der Waals surface area contributed by atoms with Gasteiger partial charge in [-0.15, -0.1) is 0 Å². The van der Waals surface area contributed by atoms with Crippen molar-refractivity contribution in [1.82, 2.24) is 41.8 Å². The number of phenolic OH excluding ortho intramolecular Hbond substituents is 1. The molecule has 8 atom stereocenters. The maximum absolute atomic E-state index is 14.2. The summed E-state index contributed by atoms with van der Waals surface area (Å²) < 4.78 is 0. The van der Waals surface area contributed by atoms with Gasteiger partial charge in [-0.05, 0) is 67.3 Å². The molecular formula is C48H64N10O16. The number of nitrogens with one attached hydrogen (secondary N) is 7. The number of carboxylic acids is 3. The molecular weight excluding hydrogens is 973 g/mol. The minimum absolute atomic E-state index is 0.0294. The molecule has 74 heavy (non-hydrogen) atoms. The number of rotatable bonds is 29. The van der Waals surface area contributed by atoms with E-state index in [1.165, 1.54) is 24.3 Å². The van der Waals surface area contributed by atoms with Gasteiger partial charge in [0.05, 0.1) is 19.1 Å². The molecule has 8 amide bonds. The molecule has 2 heterocycles. The van der Waals surface area contributed by atoms with Crippen molar-refractivity contribution >= 4 is 76.1 Å². The normalized spacial score (nSPS) is 16.1. The minimum atomic E-state index is -1.93. The number of hydrogen-bond acceptors (Lipinski definition) is 14. The number of carbonyl (C=O) groups is 11. The van der Waals surface area contributed by atoms with Crippen molar-refractivity contribution in [3.8, 4) is 5.75 Å². The number of aliphatic carboxylic acids is 3. The van der Waals surface area contributed by atoms with Crippen LogP contribution in [0.3, 0.4) is 0 Å². The summed E-state index contributed by atoms with van der Waals surface area (Å²) in [6, 6.07) is 0.123. The first-order chi connectivity index (χ1) is 35.0. The van der Waals surface area contributed by atoms with E-state index in [1.54, 1.807) is 44.3 Å². The summed E-state index contributed by atoms with van der Waals surface area (Å²) in [6.07, 6.45) is -1.35. The molecule has 16 N–H and O–H groups in total. The number of aromatic amines is 1. The molecule has 1 saturated heterocycles. The maximum atomic E-state index is 14.2. The van der Waals surface area contributed by atoms with Crippen LogP contribution in [-0.4, -0.2) is 162 Å². The molecule has 0 bridgehead atoms. The number of para-hydroxylation sites is 1. The van der Waals surface area contributed by atoms with Crippen molar-refractivity contribution in [2.45, 2.75) is 126 Å². The quantitative estimate of drug-likeness (QED) is 0.0345. The molecule has 0 unspecified atom stereocenters. The number of aromatic nitrogens is 1. The number of likely N-dealkylation sites (tertiary alicyclic amines) is 1. The zero-order valence-electron chi connectivity index (χ0n) is 40.7. The predicted molar refractivity (Wildman–Crippen MR) is 260 cm³/mol. The third-order valence-electron chi connectivity index (χ3n) is 12.0. The van der Waals surface area contributed by atoms with Crippen molar-refractivity contribution in [3.63, 3.8) is 0 Å². The second-order valence-corrected chi connectivity index (χ2v) is 18.3. The van der Waals surface area contributed by atoms with Gasteiger partial charge in [-0.2, -0.15) is 0 Å². The summed E-state index contributed by atoms with van der Waals surface area (Å²) in [5, 5.41) is 64.0. The highest BCUT2D eigenvalue weighted by Crippen LogP contribution is 2.22. The lowest BCUT2D eigenvalue weighted by atomic mass is 10.0. The van der Waals surface area contributed by atoms with Crippen LogP contribution < -0.4 is 43.4 Å². The van der Waals surface area contributed by atoms with Crippen molar-refractivity contribution in [1.29, 1.82) is 0 Å². The van der Waals surface area contributed by atoms with Crippen LogP contribution in [0.2, 0.25) is 0 Å². The third kappa shape index (κ3) is 17.6. The largest absolute Gasteiger partial charge is 0.508 e. The average Bonchev–Trinajstić information content (AvgIpc) is 4.00. The molecule has 1 fully saturated rings. The molecule has 26 nitrogen and oxygen atoms in total. The zero-order chi connectivity index (χ0) is 54.8. The standard InChI is InChI=1S/C48H64N10O16/c1-24(2)18-32(42(67)52-31(14-16-39(62)63)47(72)58-17-5-8-37(58)46(71)56-35(48(73)74)19-25-9-11-27(60)12-10-25)53-44(69)34(21-40(64)65)55-43(68)33(20-26-22-51-30-7-4-3-6-28(26)30)54-45(70)36(23-59)57-41(66)29(49)13-15-38(50)61/h3-4,6-7,9-12,22,24,29,31-37,51,59-60H,5,8,13-21,23,49H2,1-2H3,(H2,50,61)(H,52,67)(H,53,69)(H,54,70)(H,55,68)(H,56,71)(H,57,66)(H,62,63)(H,64,65)(H,73,74)/t29-,31-,32-,33-,34-,35-,36-,37-/m0/s1. The van der Waals surface area contributed by atoms with E-state index in [0.717, 1.165) is 4.90 Å². The number of H-pyrrole nitrogens is 1. The summed E-state index contributed by atoms with van der Waals surface area (Å²) in [5.74, 6) is -12.6. The number of aliphatic hydroxyl groups excluding tert-OH is 1. The number of nitrogens with two attached hydrogens (primary N) is 2. The van der Waals surface area contributed by atoms with Gasteiger partial charge in [0.25, 0.3) is 0 Å².